The van der Waals surface area contributed by atoms with Gasteiger partial charge in [-0.1, -0.05) is 13.8 Å². The molecular weight excluding hydrogens is 222 g/mol. The molecule has 0 radical (unpaired) electrons. The van der Waals surface area contributed by atoms with E-state index < -0.39 is 5.91 Å². The van der Waals surface area contributed by atoms with Crippen LogP contribution >= 0.6 is 0 Å². The van der Waals surface area contributed by atoms with E-state index in [4.69, 9.17) is 0 Å². The summed E-state index contributed by atoms with van der Waals surface area (Å²) in [4.78, 5) is 22.9. The lowest BCUT2D eigenvalue weighted by Crippen LogP contribution is -2.31. The first-order valence-electron chi connectivity index (χ1n) is 5.24. The molecule has 0 saturated heterocycles. The smallest absolute Gasteiger partial charge is 0.251 e. The lowest BCUT2D eigenvalue weighted by atomic mass is 10.1. The minimum atomic E-state index is -0.509. The van der Waals surface area contributed by atoms with Gasteiger partial charge in [0.15, 0.2) is 5.78 Å². The third kappa shape index (κ3) is 3.79. The van der Waals surface area contributed by atoms with Gasteiger partial charge in [-0.15, -0.1) is 0 Å². The molecule has 0 heterocycles. The van der Waals surface area contributed by atoms with Crippen molar-refractivity contribution in [3.05, 3.63) is 23.8 Å². The maximum absolute atomic E-state index is 11.6. The van der Waals surface area contributed by atoms with E-state index in [2.05, 4.69) is 5.32 Å². The molecule has 0 saturated carbocycles. The highest BCUT2D eigenvalue weighted by atomic mass is 16.3. The van der Waals surface area contributed by atoms with Gasteiger partial charge < -0.3 is 15.5 Å². The highest BCUT2D eigenvalue weighted by molar-refractivity contribution is 5.97. The summed E-state index contributed by atoms with van der Waals surface area (Å²) in [6.07, 6.45) is 0. The highest BCUT2D eigenvalue weighted by Crippen LogP contribution is 2.20. The fourth-order valence-corrected chi connectivity index (χ4v) is 1.20. The predicted octanol–water partition coefficient (Wildman–Crippen LogP) is 1.05. The standard InChI is InChI=1S/C12H15NO4/c1-7(2)11(16)6-13-12(17)8-3-9(14)5-10(15)4-8/h3-5,7,14-15H,6H2,1-2H3,(H,13,17). The maximum Gasteiger partial charge on any atom is 0.251 e. The maximum atomic E-state index is 11.6. The Bertz CT molecular complexity index is 420. The number of rotatable bonds is 4. The normalized spacial score (nSPS) is 10.3. The number of phenols is 2. The summed E-state index contributed by atoms with van der Waals surface area (Å²) in [7, 11) is 0. The van der Waals surface area contributed by atoms with E-state index in [0.717, 1.165) is 6.07 Å². The molecule has 5 heteroatoms. The molecule has 0 unspecified atom stereocenters. The van der Waals surface area contributed by atoms with Gasteiger partial charge in [0.25, 0.3) is 5.91 Å². The van der Waals surface area contributed by atoms with E-state index in [1.807, 2.05) is 0 Å². The second-order valence-electron chi connectivity index (χ2n) is 4.04. The van der Waals surface area contributed by atoms with E-state index in [-0.39, 0.29) is 35.3 Å². The summed E-state index contributed by atoms with van der Waals surface area (Å²) in [6.45, 7) is 3.43. The molecule has 1 amide bonds. The molecule has 0 spiro atoms. The SMILES string of the molecule is CC(C)C(=O)CNC(=O)c1cc(O)cc(O)c1. The molecule has 1 aromatic carbocycles. The zero-order valence-corrected chi connectivity index (χ0v) is 9.73. The van der Waals surface area contributed by atoms with Crippen LogP contribution in [0.4, 0.5) is 0 Å². The highest BCUT2D eigenvalue weighted by Gasteiger charge is 2.12. The summed E-state index contributed by atoms with van der Waals surface area (Å²) in [5.41, 5.74) is 0.110. The summed E-state index contributed by atoms with van der Waals surface area (Å²) < 4.78 is 0. The van der Waals surface area contributed by atoms with Gasteiger partial charge in [-0.2, -0.15) is 0 Å². The first-order valence-corrected chi connectivity index (χ1v) is 5.24. The molecule has 0 bridgehead atoms. The van der Waals surface area contributed by atoms with Crippen LogP contribution in [0.25, 0.3) is 0 Å². The third-order valence-corrected chi connectivity index (χ3v) is 2.23. The molecule has 0 aliphatic rings. The summed E-state index contributed by atoms with van der Waals surface area (Å²) in [6, 6.07) is 3.56. The van der Waals surface area contributed by atoms with E-state index in [9.17, 15) is 19.8 Å². The van der Waals surface area contributed by atoms with Gasteiger partial charge >= 0.3 is 0 Å². The van der Waals surface area contributed by atoms with Crippen molar-refractivity contribution in [3.63, 3.8) is 0 Å². The van der Waals surface area contributed by atoms with E-state index in [0.29, 0.717) is 0 Å². The van der Waals surface area contributed by atoms with Crippen molar-refractivity contribution in [2.45, 2.75) is 13.8 Å². The Balaban J connectivity index is 2.67. The van der Waals surface area contributed by atoms with Gasteiger partial charge in [0.05, 0.1) is 6.54 Å². The van der Waals surface area contributed by atoms with Crippen molar-refractivity contribution in [3.8, 4) is 11.5 Å². The minimum Gasteiger partial charge on any atom is -0.508 e. The van der Waals surface area contributed by atoms with Crippen LogP contribution in [-0.4, -0.2) is 28.4 Å². The predicted molar refractivity (Wildman–Crippen MR) is 61.9 cm³/mol. The van der Waals surface area contributed by atoms with E-state index >= 15 is 0 Å². The summed E-state index contributed by atoms with van der Waals surface area (Å²) in [5.74, 6) is -1.14. The molecule has 0 aromatic heterocycles. The van der Waals surface area contributed by atoms with Crippen LogP contribution in [0.2, 0.25) is 0 Å². The zero-order chi connectivity index (χ0) is 13.0. The van der Waals surface area contributed by atoms with Gasteiger partial charge in [-0.3, -0.25) is 9.59 Å². The van der Waals surface area contributed by atoms with Gasteiger partial charge in [-0.05, 0) is 12.1 Å². The van der Waals surface area contributed by atoms with Crippen molar-refractivity contribution in [1.29, 1.82) is 0 Å². The fourth-order valence-electron chi connectivity index (χ4n) is 1.20. The number of aromatic hydroxyl groups is 2. The quantitative estimate of drug-likeness (QED) is 0.730. The average Bonchev–Trinajstić information content (AvgIpc) is 2.23. The second-order valence-corrected chi connectivity index (χ2v) is 4.04. The molecule has 3 N–H and O–H groups in total. The van der Waals surface area contributed by atoms with Gasteiger partial charge in [0.1, 0.15) is 11.5 Å². The number of Topliss-reactive ketones (excluding diaryl/α,β-unsaturated/α-hetero) is 1. The molecule has 0 aliphatic carbocycles. The average molecular weight is 237 g/mol. The molecule has 1 rings (SSSR count). The van der Waals surface area contributed by atoms with Gasteiger partial charge in [0, 0.05) is 17.5 Å². The number of carbonyl (C=O) groups excluding carboxylic acids is 2. The number of hydrogen-bond acceptors (Lipinski definition) is 4. The lowest BCUT2D eigenvalue weighted by Gasteiger charge is -2.07. The molecule has 0 aliphatic heterocycles. The third-order valence-electron chi connectivity index (χ3n) is 2.23. The van der Waals surface area contributed by atoms with Crippen LogP contribution in [0.15, 0.2) is 18.2 Å². The first kappa shape index (κ1) is 13.0. The van der Waals surface area contributed by atoms with Crippen molar-refractivity contribution < 1.29 is 19.8 Å². The van der Waals surface area contributed by atoms with Crippen LogP contribution in [0, 0.1) is 5.92 Å². The number of benzene rings is 1. The van der Waals surface area contributed by atoms with Crippen LogP contribution in [0.1, 0.15) is 24.2 Å². The van der Waals surface area contributed by atoms with Crippen LogP contribution in [0.3, 0.4) is 0 Å². The van der Waals surface area contributed by atoms with Crippen LogP contribution < -0.4 is 5.32 Å². The Morgan fingerprint density at radius 2 is 1.71 bits per heavy atom. The Hall–Kier alpha value is -2.04. The fraction of sp³-hybridized carbons (Fsp3) is 0.333. The number of ketones is 1. The second kappa shape index (κ2) is 5.34. The molecule has 1 aromatic rings. The van der Waals surface area contributed by atoms with Gasteiger partial charge in [-0.25, -0.2) is 0 Å². The Labute approximate surface area is 99.1 Å². The van der Waals surface area contributed by atoms with Crippen LogP contribution in [0.5, 0.6) is 11.5 Å². The number of nitrogens with one attached hydrogen (secondary N) is 1. The monoisotopic (exact) mass is 237 g/mol. The Morgan fingerprint density at radius 3 is 2.18 bits per heavy atom. The largest absolute Gasteiger partial charge is 0.508 e. The van der Waals surface area contributed by atoms with E-state index in [1.165, 1.54) is 12.1 Å². The Kier molecular flexibility index (Phi) is 4.09. The van der Waals surface area contributed by atoms with Crippen molar-refractivity contribution in [1.82, 2.24) is 5.32 Å². The summed E-state index contributed by atoms with van der Waals surface area (Å²) >= 11 is 0. The topological polar surface area (TPSA) is 86.6 Å². The molecule has 0 fully saturated rings. The minimum absolute atomic E-state index is 0.0626. The van der Waals surface area contributed by atoms with Crippen molar-refractivity contribution in [2.24, 2.45) is 5.92 Å². The van der Waals surface area contributed by atoms with Crippen molar-refractivity contribution >= 4 is 11.7 Å². The molecule has 0 atom stereocenters. The Morgan fingerprint density at radius 1 is 1.18 bits per heavy atom. The number of carbonyl (C=O) groups is 2. The lowest BCUT2D eigenvalue weighted by molar-refractivity contribution is -0.120. The summed E-state index contributed by atoms with van der Waals surface area (Å²) in [5, 5.41) is 20.8. The number of phenolic OH excluding ortho intramolecular Hbond substituents is 2. The molecule has 17 heavy (non-hydrogen) atoms. The number of hydrogen-bond donors (Lipinski definition) is 3. The molecular formula is C12H15NO4. The first-order chi connectivity index (χ1) is 7.90. The van der Waals surface area contributed by atoms with Crippen LogP contribution in [-0.2, 0) is 4.79 Å². The zero-order valence-electron chi connectivity index (χ0n) is 9.73. The molecule has 92 valence electrons. The van der Waals surface area contributed by atoms with E-state index in [1.54, 1.807) is 13.8 Å². The molecule has 5 nitrogen and oxygen atoms in total. The number of amides is 1. The van der Waals surface area contributed by atoms with Crippen molar-refractivity contribution in [2.75, 3.05) is 6.54 Å². The van der Waals surface area contributed by atoms with Gasteiger partial charge in [0.2, 0.25) is 0 Å².